The quantitative estimate of drug-likeness (QED) is 0.658. The van der Waals surface area contributed by atoms with E-state index in [0.29, 0.717) is 12.1 Å². The second kappa shape index (κ2) is 8.50. The lowest BCUT2D eigenvalue weighted by atomic mass is 9.84. The first-order valence-electron chi connectivity index (χ1n) is 8.17. The zero-order valence-electron chi connectivity index (χ0n) is 13.9. The van der Waals surface area contributed by atoms with Gasteiger partial charge in [0.25, 0.3) is 0 Å². The van der Waals surface area contributed by atoms with Crippen LogP contribution in [0.3, 0.4) is 0 Å². The average Bonchev–Trinajstić information content (AvgIpc) is 2.49. The Morgan fingerprint density at radius 1 is 1.27 bits per heavy atom. The van der Waals surface area contributed by atoms with Crippen LogP contribution in [0.25, 0.3) is 0 Å². The van der Waals surface area contributed by atoms with E-state index < -0.39 is 14.8 Å². The van der Waals surface area contributed by atoms with E-state index in [-0.39, 0.29) is 5.92 Å². The van der Waals surface area contributed by atoms with E-state index in [1.54, 1.807) is 32.1 Å². The summed E-state index contributed by atoms with van der Waals surface area (Å²) in [7, 11) is -3.50. The maximum absolute atomic E-state index is 12.6. The molecule has 0 amide bonds. The summed E-state index contributed by atoms with van der Waals surface area (Å²) in [5.74, 6) is -0.343. The summed E-state index contributed by atoms with van der Waals surface area (Å²) in [6, 6.07) is 2.09. The molecule has 22 heavy (non-hydrogen) atoms. The number of unbranched alkanes of at least 4 members (excludes halogenated alkanes) is 5. The third-order valence-electron chi connectivity index (χ3n) is 4.56. The molecule has 124 valence electrons. The van der Waals surface area contributed by atoms with Crippen molar-refractivity contribution in [3.8, 4) is 6.07 Å². The van der Waals surface area contributed by atoms with Gasteiger partial charge < -0.3 is 0 Å². The van der Waals surface area contributed by atoms with E-state index in [1.165, 1.54) is 19.3 Å². The number of hydrogen-bond acceptors (Lipinski definition) is 3. The SMILES string of the molecule is CCCCCCCCNS(=O)(=O)C1(C)C=CC=C(C#N)C1C. The van der Waals surface area contributed by atoms with Gasteiger partial charge in [0.1, 0.15) is 4.75 Å². The van der Waals surface area contributed by atoms with Crippen molar-refractivity contribution >= 4 is 10.0 Å². The number of hydrogen-bond donors (Lipinski definition) is 1. The van der Waals surface area contributed by atoms with Crippen molar-refractivity contribution in [1.82, 2.24) is 4.72 Å². The number of sulfonamides is 1. The number of nitrogens with one attached hydrogen (secondary N) is 1. The fraction of sp³-hybridized carbons (Fsp3) is 0.706. The molecule has 0 aromatic heterocycles. The number of nitrogens with zero attached hydrogens (tertiary/aromatic N) is 1. The van der Waals surface area contributed by atoms with E-state index in [0.717, 1.165) is 19.3 Å². The number of nitriles is 1. The van der Waals surface area contributed by atoms with Gasteiger partial charge in [-0.15, -0.1) is 0 Å². The molecule has 0 fully saturated rings. The van der Waals surface area contributed by atoms with Crippen LogP contribution in [-0.2, 0) is 10.0 Å². The summed E-state index contributed by atoms with van der Waals surface area (Å²) in [6.07, 6.45) is 11.8. The molecule has 1 aliphatic carbocycles. The van der Waals surface area contributed by atoms with Gasteiger partial charge in [-0.2, -0.15) is 5.26 Å². The minimum absolute atomic E-state index is 0.343. The van der Waals surface area contributed by atoms with Crippen molar-refractivity contribution in [2.75, 3.05) is 6.54 Å². The summed E-state index contributed by atoms with van der Waals surface area (Å²) in [4.78, 5) is 0. The van der Waals surface area contributed by atoms with Crippen LogP contribution in [0.2, 0.25) is 0 Å². The van der Waals surface area contributed by atoms with Gasteiger partial charge in [0.2, 0.25) is 10.0 Å². The molecule has 1 rings (SSSR count). The third kappa shape index (κ3) is 4.44. The van der Waals surface area contributed by atoms with Gasteiger partial charge in [0.05, 0.1) is 6.07 Å². The normalized spacial score (nSPS) is 24.8. The van der Waals surface area contributed by atoms with E-state index in [9.17, 15) is 8.42 Å². The Bertz CT molecular complexity index is 558. The smallest absolute Gasteiger partial charge is 0.214 e. The van der Waals surface area contributed by atoms with Gasteiger partial charge in [0, 0.05) is 18.0 Å². The van der Waals surface area contributed by atoms with Crippen LogP contribution in [0.5, 0.6) is 0 Å². The van der Waals surface area contributed by atoms with Crippen LogP contribution in [0, 0.1) is 17.2 Å². The van der Waals surface area contributed by atoms with Crippen molar-refractivity contribution in [2.24, 2.45) is 5.92 Å². The molecule has 1 aliphatic rings. The van der Waals surface area contributed by atoms with Crippen LogP contribution in [0.4, 0.5) is 0 Å². The molecule has 0 bridgehead atoms. The lowest BCUT2D eigenvalue weighted by molar-refractivity contribution is 0.491. The lowest BCUT2D eigenvalue weighted by Crippen LogP contribution is -2.48. The summed E-state index contributed by atoms with van der Waals surface area (Å²) < 4.78 is 26.9. The van der Waals surface area contributed by atoms with Gasteiger partial charge in [-0.3, -0.25) is 0 Å². The van der Waals surface area contributed by atoms with Crippen molar-refractivity contribution in [2.45, 2.75) is 64.0 Å². The Kier molecular flexibility index (Phi) is 7.31. The summed E-state index contributed by atoms with van der Waals surface area (Å²) >= 11 is 0. The van der Waals surface area contributed by atoms with Gasteiger partial charge in [0.15, 0.2) is 0 Å². The summed E-state index contributed by atoms with van der Waals surface area (Å²) in [6.45, 7) is 6.12. The Labute approximate surface area is 135 Å². The highest BCUT2D eigenvalue weighted by atomic mass is 32.2. The first-order chi connectivity index (χ1) is 10.4. The molecule has 0 heterocycles. The van der Waals surface area contributed by atoms with Crippen LogP contribution in [-0.4, -0.2) is 19.7 Å². The largest absolute Gasteiger partial charge is 0.221 e. The first-order valence-corrected chi connectivity index (χ1v) is 9.66. The molecule has 0 radical (unpaired) electrons. The Balaban J connectivity index is 2.54. The van der Waals surface area contributed by atoms with Gasteiger partial charge >= 0.3 is 0 Å². The average molecular weight is 324 g/mol. The molecule has 2 atom stereocenters. The molecule has 0 spiro atoms. The predicted octanol–water partition coefficient (Wildman–Crippen LogP) is 3.68. The second-order valence-electron chi connectivity index (χ2n) is 6.16. The third-order valence-corrected chi connectivity index (χ3v) is 6.79. The summed E-state index contributed by atoms with van der Waals surface area (Å²) in [5, 5.41) is 9.11. The molecule has 0 aliphatic heterocycles. The van der Waals surface area contributed by atoms with Crippen molar-refractivity contribution in [3.05, 3.63) is 23.8 Å². The van der Waals surface area contributed by atoms with Crippen LogP contribution in [0.1, 0.15) is 59.3 Å². The van der Waals surface area contributed by atoms with E-state index in [2.05, 4.69) is 17.7 Å². The maximum Gasteiger partial charge on any atom is 0.221 e. The van der Waals surface area contributed by atoms with Crippen LogP contribution < -0.4 is 4.72 Å². The fourth-order valence-electron chi connectivity index (χ4n) is 2.66. The molecule has 5 heteroatoms. The van der Waals surface area contributed by atoms with Gasteiger partial charge in [-0.05, 0) is 19.4 Å². The molecule has 0 aromatic rings. The van der Waals surface area contributed by atoms with Gasteiger partial charge in [-0.1, -0.05) is 58.1 Å². The molecule has 0 saturated carbocycles. The first kappa shape index (κ1) is 18.9. The van der Waals surface area contributed by atoms with Crippen LogP contribution in [0.15, 0.2) is 23.8 Å². The van der Waals surface area contributed by atoms with Crippen LogP contribution >= 0.6 is 0 Å². The highest BCUT2D eigenvalue weighted by molar-refractivity contribution is 7.91. The van der Waals surface area contributed by atoms with E-state index in [1.807, 2.05) is 0 Å². The van der Waals surface area contributed by atoms with Crippen molar-refractivity contribution in [1.29, 1.82) is 5.26 Å². The number of rotatable bonds is 9. The van der Waals surface area contributed by atoms with Crippen molar-refractivity contribution < 1.29 is 8.42 Å². The number of allylic oxidation sites excluding steroid dienone is 3. The zero-order valence-corrected chi connectivity index (χ0v) is 14.7. The van der Waals surface area contributed by atoms with E-state index in [4.69, 9.17) is 5.26 Å². The fourth-order valence-corrected chi connectivity index (χ4v) is 4.24. The monoisotopic (exact) mass is 324 g/mol. The zero-order chi connectivity index (χ0) is 16.6. The molecule has 2 unspecified atom stereocenters. The molecule has 1 N–H and O–H groups in total. The molecule has 0 saturated heterocycles. The molecular weight excluding hydrogens is 296 g/mol. The second-order valence-corrected chi connectivity index (χ2v) is 8.34. The van der Waals surface area contributed by atoms with Gasteiger partial charge in [-0.25, -0.2) is 13.1 Å². The maximum atomic E-state index is 12.6. The lowest BCUT2D eigenvalue weighted by Gasteiger charge is -2.34. The molecule has 0 aromatic carbocycles. The Hall–Kier alpha value is -1.12. The van der Waals surface area contributed by atoms with Crippen molar-refractivity contribution in [3.63, 3.8) is 0 Å². The highest BCUT2D eigenvalue weighted by Crippen LogP contribution is 2.35. The highest BCUT2D eigenvalue weighted by Gasteiger charge is 2.44. The van der Waals surface area contributed by atoms with E-state index >= 15 is 0 Å². The summed E-state index contributed by atoms with van der Waals surface area (Å²) in [5.41, 5.74) is 0.509. The standard InChI is InChI=1S/C17H28N2O2S/c1-4-5-6-7-8-9-13-19-22(20,21)17(3)12-10-11-16(14-18)15(17)2/h10-12,15,19H,4-9,13H2,1-3H3. The topological polar surface area (TPSA) is 70.0 Å². The Morgan fingerprint density at radius 3 is 2.55 bits per heavy atom. The minimum Gasteiger partial charge on any atom is -0.214 e. The predicted molar refractivity (Wildman–Crippen MR) is 90.7 cm³/mol. The molecular formula is C17H28N2O2S. The molecule has 4 nitrogen and oxygen atoms in total. The Morgan fingerprint density at radius 2 is 1.91 bits per heavy atom. The minimum atomic E-state index is -3.50.